The monoisotopic (exact) mass is 700 g/mol. The van der Waals surface area contributed by atoms with Crippen molar-refractivity contribution in [3.8, 4) is 5.75 Å². The summed E-state index contributed by atoms with van der Waals surface area (Å²) in [5.41, 5.74) is 1.53. The van der Waals surface area contributed by atoms with Gasteiger partial charge in [0.1, 0.15) is 5.75 Å². The first-order valence-electron chi connectivity index (χ1n) is 13.6. The molecule has 0 radical (unpaired) electrons. The molecule has 5 rings (SSSR count). The SMILES string of the molecule is O=C(NCc1cccc(Cl)c1)[C@]1(Cc2ccccc2Br)N=C(c2ccc(OCCCO)cc2)O[C@@H]1c1ccc(Cl)cc1Cl. The zero-order valence-electron chi connectivity index (χ0n) is 22.9. The Labute approximate surface area is 273 Å². The highest BCUT2D eigenvalue weighted by Crippen LogP contribution is 2.45. The minimum absolute atomic E-state index is 0.0519. The second kappa shape index (κ2) is 14.1. The highest BCUT2D eigenvalue weighted by Gasteiger charge is 2.54. The number of nitrogens with zero attached hydrogens (tertiary/aromatic N) is 1. The standard InChI is InChI=1S/C33H28BrCl3N2O4/c34-28-8-2-1-6-23(28)19-33(32(41)38-20-21-5-3-7-24(35)17-21)30(27-14-11-25(36)18-29(27)37)43-31(39-33)22-9-12-26(13-10-22)42-16-4-15-40/h1-3,5-14,17-18,30,40H,4,15-16,19-20H2,(H,38,41)/t30-,33-/m1/s1. The zero-order valence-corrected chi connectivity index (χ0v) is 26.8. The lowest BCUT2D eigenvalue weighted by Gasteiger charge is -2.31. The fourth-order valence-electron chi connectivity index (χ4n) is 4.89. The van der Waals surface area contributed by atoms with Gasteiger partial charge >= 0.3 is 0 Å². The first-order valence-corrected chi connectivity index (χ1v) is 15.5. The molecule has 4 aromatic rings. The number of hydrogen-bond acceptors (Lipinski definition) is 5. The van der Waals surface area contributed by atoms with Crippen LogP contribution in [0.5, 0.6) is 5.75 Å². The quantitative estimate of drug-likeness (QED) is 0.155. The Morgan fingerprint density at radius 1 is 0.977 bits per heavy atom. The molecule has 0 spiro atoms. The lowest BCUT2D eigenvalue weighted by Crippen LogP contribution is -2.49. The van der Waals surface area contributed by atoms with E-state index in [1.54, 1.807) is 42.5 Å². The molecule has 0 fully saturated rings. The fourth-order valence-corrected chi connectivity index (χ4v) is 6.03. The lowest BCUT2D eigenvalue weighted by atomic mass is 9.82. The normalized spacial score (nSPS) is 17.7. The molecule has 1 aliphatic rings. The van der Waals surface area contributed by atoms with Crippen LogP contribution in [0.1, 0.15) is 34.8 Å². The minimum atomic E-state index is -1.44. The molecule has 4 aromatic carbocycles. The van der Waals surface area contributed by atoms with Gasteiger partial charge in [0.25, 0.3) is 5.91 Å². The Morgan fingerprint density at radius 2 is 1.74 bits per heavy atom. The molecule has 2 atom stereocenters. The second-order valence-electron chi connectivity index (χ2n) is 10.0. The predicted octanol–water partition coefficient (Wildman–Crippen LogP) is 7.99. The summed E-state index contributed by atoms with van der Waals surface area (Å²) < 4.78 is 13.1. The molecule has 0 saturated carbocycles. The lowest BCUT2D eigenvalue weighted by molar-refractivity contribution is -0.129. The average molecular weight is 703 g/mol. The number of benzene rings is 4. The molecule has 0 bridgehead atoms. The molecule has 0 aliphatic carbocycles. The van der Waals surface area contributed by atoms with E-state index in [2.05, 4.69) is 21.2 Å². The Kier molecular flexibility index (Phi) is 10.3. The Balaban J connectivity index is 1.59. The van der Waals surface area contributed by atoms with Crippen molar-refractivity contribution in [1.82, 2.24) is 5.32 Å². The van der Waals surface area contributed by atoms with E-state index in [1.165, 1.54) is 0 Å². The maximum Gasteiger partial charge on any atom is 0.252 e. The summed E-state index contributed by atoms with van der Waals surface area (Å²) in [6, 6.07) is 27.4. The van der Waals surface area contributed by atoms with Gasteiger partial charge in [-0.1, -0.05) is 87.1 Å². The number of aliphatic imine (C=N–C) groups is 1. The molecule has 0 saturated heterocycles. The summed E-state index contributed by atoms with van der Waals surface area (Å²) in [6.07, 6.45) is -0.131. The minimum Gasteiger partial charge on any atom is -0.494 e. The maximum atomic E-state index is 14.4. The fraction of sp³-hybridized carbons (Fsp3) is 0.212. The van der Waals surface area contributed by atoms with Crippen LogP contribution >= 0.6 is 50.7 Å². The summed E-state index contributed by atoms with van der Waals surface area (Å²) in [5, 5.41) is 13.5. The van der Waals surface area contributed by atoms with Gasteiger partial charge in [0.05, 0.1) is 6.61 Å². The summed E-state index contributed by atoms with van der Waals surface area (Å²) in [4.78, 5) is 19.5. The van der Waals surface area contributed by atoms with E-state index < -0.39 is 11.6 Å². The van der Waals surface area contributed by atoms with Gasteiger partial charge in [0, 0.05) is 56.7 Å². The van der Waals surface area contributed by atoms with Gasteiger partial charge in [-0.05, 0) is 65.7 Å². The van der Waals surface area contributed by atoms with Crippen molar-refractivity contribution in [3.63, 3.8) is 0 Å². The van der Waals surface area contributed by atoms with Crippen LogP contribution in [-0.2, 0) is 22.5 Å². The average Bonchev–Trinajstić information content (AvgIpc) is 3.38. The van der Waals surface area contributed by atoms with Crippen molar-refractivity contribution in [2.75, 3.05) is 13.2 Å². The number of carbonyl (C=O) groups is 1. The zero-order chi connectivity index (χ0) is 30.4. The third-order valence-corrected chi connectivity index (χ3v) is 8.61. The van der Waals surface area contributed by atoms with Gasteiger partial charge < -0.3 is 19.9 Å². The summed E-state index contributed by atoms with van der Waals surface area (Å²) in [6.45, 7) is 0.686. The number of aliphatic hydroxyl groups is 1. The van der Waals surface area contributed by atoms with Crippen LogP contribution < -0.4 is 10.1 Å². The number of halogens is 4. The van der Waals surface area contributed by atoms with Crippen LogP contribution in [0.25, 0.3) is 0 Å². The van der Waals surface area contributed by atoms with Crippen LogP contribution in [0, 0.1) is 0 Å². The van der Waals surface area contributed by atoms with E-state index in [-0.39, 0.29) is 25.5 Å². The number of hydrogen-bond donors (Lipinski definition) is 2. The Bertz CT molecular complexity index is 1630. The van der Waals surface area contributed by atoms with Gasteiger partial charge in [-0.3, -0.25) is 4.79 Å². The topological polar surface area (TPSA) is 80.2 Å². The molecule has 10 heteroatoms. The number of aliphatic hydroxyl groups excluding tert-OH is 1. The first-order chi connectivity index (χ1) is 20.8. The number of ether oxygens (including phenoxy) is 2. The van der Waals surface area contributed by atoms with Crippen molar-refractivity contribution >= 4 is 62.5 Å². The molecule has 1 amide bonds. The van der Waals surface area contributed by atoms with Crippen molar-refractivity contribution in [2.45, 2.75) is 31.0 Å². The number of rotatable bonds is 11. The molecule has 6 nitrogen and oxygen atoms in total. The molecule has 1 aliphatic heterocycles. The molecule has 2 N–H and O–H groups in total. The van der Waals surface area contributed by atoms with E-state index >= 15 is 0 Å². The van der Waals surface area contributed by atoms with Gasteiger partial charge in [-0.25, -0.2) is 4.99 Å². The van der Waals surface area contributed by atoms with Crippen molar-refractivity contribution in [3.05, 3.63) is 133 Å². The number of carbonyl (C=O) groups excluding carboxylic acids is 1. The summed E-state index contributed by atoms with van der Waals surface area (Å²) >= 11 is 22.8. The number of nitrogens with one attached hydrogen (secondary N) is 1. The third-order valence-electron chi connectivity index (χ3n) is 7.03. The van der Waals surface area contributed by atoms with E-state index in [0.717, 1.165) is 15.6 Å². The Morgan fingerprint density at radius 3 is 2.47 bits per heavy atom. The molecule has 43 heavy (non-hydrogen) atoms. The predicted molar refractivity (Wildman–Crippen MR) is 174 cm³/mol. The van der Waals surface area contributed by atoms with Crippen LogP contribution in [0.2, 0.25) is 15.1 Å². The van der Waals surface area contributed by atoms with Crippen molar-refractivity contribution < 1.29 is 19.4 Å². The van der Waals surface area contributed by atoms with E-state index in [4.69, 9.17) is 54.4 Å². The number of amides is 1. The highest BCUT2D eigenvalue weighted by molar-refractivity contribution is 9.10. The molecule has 0 aromatic heterocycles. The third kappa shape index (κ3) is 7.36. The van der Waals surface area contributed by atoms with Crippen molar-refractivity contribution in [2.24, 2.45) is 4.99 Å². The maximum absolute atomic E-state index is 14.4. The van der Waals surface area contributed by atoms with Crippen LogP contribution in [-0.4, -0.2) is 35.7 Å². The highest BCUT2D eigenvalue weighted by atomic mass is 79.9. The first kappa shape index (κ1) is 31.4. The molecule has 222 valence electrons. The second-order valence-corrected chi connectivity index (χ2v) is 12.2. The van der Waals surface area contributed by atoms with E-state index in [0.29, 0.717) is 50.9 Å². The van der Waals surface area contributed by atoms with E-state index in [9.17, 15) is 4.79 Å². The summed E-state index contributed by atoms with van der Waals surface area (Å²) in [7, 11) is 0. The summed E-state index contributed by atoms with van der Waals surface area (Å²) in [5.74, 6) is 0.605. The van der Waals surface area contributed by atoms with Gasteiger partial charge in [-0.15, -0.1) is 0 Å². The Hall–Kier alpha value is -3.07. The van der Waals surface area contributed by atoms with Crippen molar-refractivity contribution in [1.29, 1.82) is 0 Å². The van der Waals surface area contributed by atoms with E-state index in [1.807, 2.05) is 48.5 Å². The molecule has 1 heterocycles. The van der Waals surface area contributed by atoms with Gasteiger partial charge in [0.2, 0.25) is 5.90 Å². The van der Waals surface area contributed by atoms with Crippen LogP contribution in [0.4, 0.5) is 0 Å². The molecular weight excluding hydrogens is 675 g/mol. The van der Waals surface area contributed by atoms with Crippen LogP contribution in [0.15, 0.2) is 100 Å². The largest absolute Gasteiger partial charge is 0.494 e. The van der Waals surface area contributed by atoms with Gasteiger partial charge in [-0.2, -0.15) is 0 Å². The van der Waals surface area contributed by atoms with Gasteiger partial charge in [0.15, 0.2) is 11.6 Å². The van der Waals surface area contributed by atoms with Crippen LogP contribution in [0.3, 0.4) is 0 Å². The molecule has 0 unspecified atom stereocenters. The smallest absolute Gasteiger partial charge is 0.252 e. The molecular formula is C33H28BrCl3N2O4.